The van der Waals surface area contributed by atoms with E-state index in [9.17, 15) is 0 Å². The van der Waals surface area contributed by atoms with Crippen molar-refractivity contribution in [2.24, 2.45) is 0 Å². The van der Waals surface area contributed by atoms with Crippen molar-refractivity contribution in [2.45, 2.75) is 18.9 Å². The van der Waals surface area contributed by atoms with Gasteiger partial charge < -0.3 is 15.5 Å². The predicted octanol–water partition coefficient (Wildman–Crippen LogP) is 1.60. The summed E-state index contributed by atoms with van der Waals surface area (Å²) in [5.41, 5.74) is 7.71. The topological polar surface area (TPSA) is 32.5 Å². The summed E-state index contributed by atoms with van der Waals surface area (Å²) in [6.07, 6.45) is 2.46. The first-order valence-corrected chi connectivity index (χ1v) is 5.85. The predicted molar refractivity (Wildman–Crippen MR) is 68.6 cm³/mol. The van der Waals surface area contributed by atoms with Gasteiger partial charge in [-0.3, -0.25) is 0 Å². The van der Waals surface area contributed by atoms with E-state index < -0.39 is 0 Å². The molecule has 1 aromatic carbocycles. The standard InChI is InChI=1S/C13H20N3/c1-15(2)12-6-8-16(9-7-12)13-5-3-4-11(14)10-13/h3,5,10,12H,6-9,14H2,1-2H3. The number of rotatable bonds is 2. The van der Waals surface area contributed by atoms with Crippen LogP contribution in [0, 0.1) is 6.07 Å². The van der Waals surface area contributed by atoms with Gasteiger partial charge in [-0.25, -0.2) is 0 Å². The summed E-state index contributed by atoms with van der Waals surface area (Å²) < 4.78 is 0. The van der Waals surface area contributed by atoms with Gasteiger partial charge >= 0.3 is 0 Å². The second-order valence-corrected chi connectivity index (χ2v) is 4.68. The third-order valence-electron chi connectivity index (χ3n) is 3.37. The highest BCUT2D eigenvalue weighted by Gasteiger charge is 2.20. The molecule has 0 spiro atoms. The van der Waals surface area contributed by atoms with E-state index in [1.807, 2.05) is 12.1 Å². The molecular formula is C13H20N3. The zero-order valence-corrected chi connectivity index (χ0v) is 10.1. The van der Waals surface area contributed by atoms with Gasteiger partial charge in [0.25, 0.3) is 0 Å². The van der Waals surface area contributed by atoms with E-state index in [1.54, 1.807) is 0 Å². The van der Waals surface area contributed by atoms with Crippen LogP contribution in [-0.2, 0) is 0 Å². The largest absolute Gasteiger partial charge is 0.398 e. The number of piperidine rings is 1. The molecule has 1 radical (unpaired) electrons. The van der Waals surface area contributed by atoms with Gasteiger partial charge in [-0.2, -0.15) is 0 Å². The molecule has 2 rings (SSSR count). The Balaban J connectivity index is 1.99. The minimum atomic E-state index is 0.726. The van der Waals surface area contributed by atoms with Gasteiger partial charge in [0.15, 0.2) is 0 Å². The lowest BCUT2D eigenvalue weighted by Crippen LogP contribution is -2.41. The van der Waals surface area contributed by atoms with Crippen molar-refractivity contribution in [1.29, 1.82) is 0 Å². The highest BCUT2D eigenvalue weighted by molar-refractivity contribution is 5.55. The van der Waals surface area contributed by atoms with E-state index in [1.165, 1.54) is 18.5 Å². The molecular weight excluding hydrogens is 198 g/mol. The smallest absolute Gasteiger partial charge is 0.0415 e. The Morgan fingerprint density at radius 1 is 1.38 bits per heavy atom. The second kappa shape index (κ2) is 4.74. The van der Waals surface area contributed by atoms with Gasteiger partial charge in [-0.15, -0.1) is 0 Å². The van der Waals surface area contributed by atoms with Crippen LogP contribution < -0.4 is 10.6 Å². The summed E-state index contributed by atoms with van der Waals surface area (Å²) in [6, 6.07) is 9.71. The van der Waals surface area contributed by atoms with Crippen molar-refractivity contribution >= 4 is 11.4 Å². The Bertz CT molecular complexity index is 341. The first-order valence-electron chi connectivity index (χ1n) is 5.85. The third-order valence-corrected chi connectivity index (χ3v) is 3.37. The minimum absolute atomic E-state index is 0.726. The summed E-state index contributed by atoms with van der Waals surface area (Å²) in [7, 11) is 4.32. The number of nitrogens with two attached hydrogens (primary N) is 1. The molecule has 0 aromatic heterocycles. The Kier molecular flexibility index (Phi) is 3.34. The number of hydrogen-bond acceptors (Lipinski definition) is 3. The average molecular weight is 218 g/mol. The Labute approximate surface area is 97.8 Å². The summed E-state index contributed by atoms with van der Waals surface area (Å²) in [4.78, 5) is 4.73. The number of hydrogen-bond donors (Lipinski definition) is 1. The lowest BCUT2D eigenvalue weighted by atomic mass is 10.0. The molecule has 0 unspecified atom stereocenters. The molecule has 1 aromatic rings. The van der Waals surface area contributed by atoms with E-state index in [2.05, 4.69) is 36.0 Å². The third kappa shape index (κ3) is 2.47. The molecule has 0 saturated carbocycles. The molecule has 2 N–H and O–H groups in total. The van der Waals surface area contributed by atoms with Gasteiger partial charge in [-0.1, -0.05) is 6.07 Å². The normalized spacial score (nSPS) is 18.1. The number of nitrogens with zero attached hydrogens (tertiary/aromatic N) is 2. The van der Waals surface area contributed by atoms with Gasteiger partial charge in [0.05, 0.1) is 0 Å². The van der Waals surface area contributed by atoms with Crippen LogP contribution in [0.2, 0.25) is 0 Å². The van der Waals surface area contributed by atoms with Crippen LogP contribution in [0.1, 0.15) is 12.8 Å². The van der Waals surface area contributed by atoms with Crippen LogP contribution in [0.5, 0.6) is 0 Å². The highest BCUT2D eigenvalue weighted by atomic mass is 15.2. The Morgan fingerprint density at radius 2 is 2.06 bits per heavy atom. The molecule has 1 fully saturated rings. The molecule has 0 bridgehead atoms. The first-order chi connectivity index (χ1) is 7.66. The highest BCUT2D eigenvalue weighted by Crippen LogP contribution is 2.22. The number of nitrogen functional groups attached to an aromatic ring is 1. The number of anilines is 2. The number of benzene rings is 1. The van der Waals surface area contributed by atoms with Crippen LogP contribution in [0.15, 0.2) is 18.2 Å². The molecule has 3 heteroatoms. The van der Waals surface area contributed by atoms with Gasteiger partial charge in [0.1, 0.15) is 0 Å². The maximum atomic E-state index is 5.75. The van der Waals surface area contributed by atoms with Crippen molar-refractivity contribution in [2.75, 3.05) is 37.8 Å². The van der Waals surface area contributed by atoms with Crippen molar-refractivity contribution in [3.63, 3.8) is 0 Å². The van der Waals surface area contributed by atoms with Crippen LogP contribution in [-0.4, -0.2) is 38.1 Å². The summed E-state index contributed by atoms with van der Waals surface area (Å²) in [5, 5.41) is 0. The van der Waals surface area contributed by atoms with Crippen LogP contribution in [0.25, 0.3) is 0 Å². The summed E-state index contributed by atoms with van der Waals surface area (Å²) in [6.45, 7) is 2.23. The lowest BCUT2D eigenvalue weighted by Gasteiger charge is -2.36. The fraction of sp³-hybridized carbons (Fsp3) is 0.538. The van der Waals surface area contributed by atoms with E-state index in [4.69, 9.17) is 5.73 Å². The van der Waals surface area contributed by atoms with Crippen molar-refractivity contribution in [3.05, 3.63) is 24.3 Å². The summed E-state index contributed by atoms with van der Waals surface area (Å²) >= 11 is 0. The Morgan fingerprint density at radius 3 is 2.62 bits per heavy atom. The monoisotopic (exact) mass is 218 g/mol. The molecule has 87 valence electrons. The summed E-state index contributed by atoms with van der Waals surface area (Å²) in [5.74, 6) is 0. The SMILES string of the molecule is CN(C)C1CCN(c2cc[c]c(N)c2)CC1. The molecule has 0 atom stereocenters. The zero-order chi connectivity index (χ0) is 11.5. The lowest BCUT2D eigenvalue weighted by molar-refractivity contribution is 0.249. The molecule has 1 heterocycles. The van der Waals surface area contributed by atoms with Crippen molar-refractivity contribution < 1.29 is 0 Å². The molecule has 0 aliphatic carbocycles. The van der Waals surface area contributed by atoms with Gasteiger partial charge in [0, 0.05) is 36.6 Å². The molecule has 16 heavy (non-hydrogen) atoms. The fourth-order valence-electron chi connectivity index (χ4n) is 2.31. The Hall–Kier alpha value is -1.22. The van der Waals surface area contributed by atoms with Gasteiger partial charge in [0.2, 0.25) is 0 Å². The fourth-order valence-corrected chi connectivity index (χ4v) is 2.31. The second-order valence-electron chi connectivity index (χ2n) is 4.68. The molecule has 1 aliphatic heterocycles. The van der Waals surface area contributed by atoms with Crippen molar-refractivity contribution in [3.8, 4) is 0 Å². The van der Waals surface area contributed by atoms with Crippen LogP contribution in [0.3, 0.4) is 0 Å². The molecule has 0 amide bonds. The zero-order valence-electron chi connectivity index (χ0n) is 10.1. The van der Waals surface area contributed by atoms with E-state index >= 15 is 0 Å². The molecule has 1 saturated heterocycles. The van der Waals surface area contributed by atoms with Crippen LogP contribution >= 0.6 is 0 Å². The van der Waals surface area contributed by atoms with E-state index in [0.717, 1.165) is 24.8 Å². The maximum Gasteiger partial charge on any atom is 0.0415 e. The molecule has 1 aliphatic rings. The van der Waals surface area contributed by atoms with E-state index in [0.29, 0.717) is 0 Å². The first kappa shape index (κ1) is 11.3. The maximum absolute atomic E-state index is 5.75. The van der Waals surface area contributed by atoms with Crippen LogP contribution in [0.4, 0.5) is 11.4 Å². The molecule has 3 nitrogen and oxygen atoms in total. The average Bonchev–Trinajstić information content (AvgIpc) is 2.29. The van der Waals surface area contributed by atoms with Gasteiger partial charge in [-0.05, 0) is 39.1 Å². The quantitative estimate of drug-likeness (QED) is 0.765. The van der Waals surface area contributed by atoms with Crippen molar-refractivity contribution in [1.82, 2.24) is 4.90 Å². The minimum Gasteiger partial charge on any atom is -0.398 e. The van der Waals surface area contributed by atoms with E-state index in [-0.39, 0.29) is 0 Å².